The van der Waals surface area contributed by atoms with Crippen molar-refractivity contribution in [2.45, 2.75) is 52.4 Å². The molecule has 1 atom stereocenters. The van der Waals surface area contributed by atoms with E-state index in [1.165, 1.54) is 5.56 Å². The molecule has 8 nitrogen and oxygen atoms in total. The first-order chi connectivity index (χ1) is 16.4. The zero-order valence-corrected chi connectivity index (χ0v) is 20.7. The molecular formula is C25H32ClN5O3. The standard InChI is InChI=1S/C25H32ClN5O3/c1-17(2)13-21(27-25(32)22-8-7-20(34-22)16-33-3)24-29-28-23-9-10-30(11-12-31(23)24)15-18-5-4-6-19(26)14-18/h4-8,14,17,21H,9-13,15-16H2,1-3H3,(H,27,32)/t21-/m0/s1. The summed E-state index contributed by atoms with van der Waals surface area (Å²) in [5.41, 5.74) is 1.20. The Morgan fingerprint density at radius 3 is 2.82 bits per heavy atom. The van der Waals surface area contributed by atoms with Crippen molar-refractivity contribution in [3.63, 3.8) is 0 Å². The molecule has 0 radical (unpaired) electrons. The summed E-state index contributed by atoms with van der Waals surface area (Å²) in [5.74, 6) is 2.73. The van der Waals surface area contributed by atoms with Gasteiger partial charge in [0.25, 0.3) is 5.91 Å². The van der Waals surface area contributed by atoms with E-state index >= 15 is 0 Å². The fourth-order valence-corrected chi connectivity index (χ4v) is 4.56. The minimum absolute atomic E-state index is 0.260. The predicted molar refractivity (Wildman–Crippen MR) is 130 cm³/mol. The summed E-state index contributed by atoms with van der Waals surface area (Å²) in [6.45, 7) is 7.95. The Bertz CT molecular complexity index is 1110. The number of rotatable bonds is 9. The van der Waals surface area contributed by atoms with Gasteiger partial charge in [0.15, 0.2) is 11.6 Å². The molecule has 0 aliphatic carbocycles. The van der Waals surface area contributed by atoms with Crippen LogP contribution in [0.1, 0.15) is 59.8 Å². The molecule has 0 fully saturated rings. The summed E-state index contributed by atoms with van der Waals surface area (Å²) < 4.78 is 12.9. The van der Waals surface area contributed by atoms with Crippen molar-refractivity contribution in [1.82, 2.24) is 25.0 Å². The lowest BCUT2D eigenvalue weighted by atomic mass is 10.0. The van der Waals surface area contributed by atoms with Crippen LogP contribution in [0.3, 0.4) is 0 Å². The van der Waals surface area contributed by atoms with Crippen LogP contribution in [0.2, 0.25) is 5.02 Å². The summed E-state index contributed by atoms with van der Waals surface area (Å²) in [4.78, 5) is 15.3. The quantitative estimate of drug-likeness (QED) is 0.487. The molecule has 3 aromatic rings. The van der Waals surface area contributed by atoms with Gasteiger partial charge in [0.05, 0.1) is 6.04 Å². The van der Waals surface area contributed by atoms with Crippen molar-refractivity contribution in [3.05, 3.63) is 70.2 Å². The Morgan fingerprint density at radius 2 is 2.06 bits per heavy atom. The normalized spacial score (nSPS) is 15.2. The maximum absolute atomic E-state index is 12.9. The number of hydrogen-bond donors (Lipinski definition) is 1. The number of furan rings is 1. The van der Waals surface area contributed by atoms with E-state index in [-0.39, 0.29) is 17.7 Å². The van der Waals surface area contributed by atoms with Crippen LogP contribution in [0, 0.1) is 5.92 Å². The highest BCUT2D eigenvalue weighted by Crippen LogP contribution is 2.24. The largest absolute Gasteiger partial charge is 0.453 e. The van der Waals surface area contributed by atoms with E-state index in [0.29, 0.717) is 18.3 Å². The van der Waals surface area contributed by atoms with Crippen LogP contribution in [0.15, 0.2) is 40.8 Å². The Hall–Kier alpha value is -2.68. The average molecular weight is 486 g/mol. The van der Waals surface area contributed by atoms with Crippen LogP contribution < -0.4 is 5.32 Å². The number of methoxy groups -OCH3 is 1. The Labute approximate surface area is 205 Å². The highest BCUT2D eigenvalue weighted by molar-refractivity contribution is 6.30. The molecule has 4 rings (SSSR count). The molecular weight excluding hydrogens is 454 g/mol. The number of carbonyl (C=O) groups excluding carboxylic acids is 1. The van der Waals surface area contributed by atoms with Gasteiger partial charge < -0.3 is 19.0 Å². The topological polar surface area (TPSA) is 85.4 Å². The van der Waals surface area contributed by atoms with E-state index in [9.17, 15) is 4.79 Å². The fourth-order valence-electron chi connectivity index (χ4n) is 4.35. The number of amides is 1. The highest BCUT2D eigenvalue weighted by atomic mass is 35.5. The van der Waals surface area contributed by atoms with E-state index in [1.807, 2.05) is 18.2 Å². The van der Waals surface area contributed by atoms with Gasteiger partial charge in [0, 0.05) is 44.7 Å². The van der Waals surface area contributed by atoms with Crippen molar-refractivity contribution in [1.29, 1.82) is 0 Å². The van der Waals surface area contributed by atoms with Gasteiger partial charge in [0.1, 0.15) is 18.2 Å². The van der Waals surface area contributed by atoms with Gasteiger partial charge >= 0.3 is 0 Å². The Kier molecular flexibility index (Phi) is 8.03. The molecule has 1 aromatic carbocycles. The van der Waals surface area contributed by atoms with Gasteiger partial charge in [-0.1, -0.05) is 37.6 Å². The number of aromatic nitrogens is 3. The summed E-state index contributed by atoms with van der Waals surface area (Å²) in [7, 11) is 1.59. The first-order valence-electron chi connectivity index (χ1n) is 11.7. The van der Waals surface area contributed by atoms with Crippen molar-refractivity contribution in [2.24, 2.45) is 5.92 Å². The van der Waals surface area contributed by atoms with Gasteiger partial charge in [-0.15, -0.1) is 10.2 Å². The summed E-state index contributed by atoms with van der Waals surface area (Å²) >= 11 is 6.16. The van der Waals surface area contributed by atoms with Crippen molar-refractivity contribution >= 4 is 17.5 Å². The minimum atomic E-state index is -0.262. The van der Waals surface area contributed by atoms with Gasteiger partial charge in [-0.05, 0) is 42.2 Å². The van der Waals surface area contributed by atoms with E-state index in [2.05, 4.69) is 44.9 Å². The fraction of sp³-hybridized carbons (Fsp3) is 0.480. The van der Waals surface area contributed by atoms with Gasteiger partial charge in [-0.2, -0.15) is 0 Å². The second-order valence-corrected chi connectivity index (χ2v) is 9.57. The predicted octanol–water partition coefficient (Wildman–Crippen LogP) is 4.25. The lowest BCUT2D eigenvalue weighted by Crippen LogP contribution is -2.32. The van der Waals surface area contributed by atoms with Crippen molar-refractivity contribution in [3.8, 4) is 0 Å². The van der Waals surface area contributed by atoms with Crippen LogP contribution in [0.5, 0.6) is 0 Å². The van der Waals surface area contributed by atoms with Crippen molar-refractivity contribution in [2.75, 3.05) is 20.2 Å². The molecule has 34 heavy (non-hydrogen) atoms. The van der Waals surface area contributed by atoms with Crippen LogP contribution in [-0.4, -0.2) is 45.8 Å². The smallest absolute Gasteiger partial charge is 0.287 e. The molecule has 2 aromatic heterocycles. The second kappa shape index (κ2) is 11.2. The molecule has 0 saturated heterocycles. The average Bonchev–Trinajstić information content (AvgIpc) is 3.38. The van der Waals surface area contributed by atoms with Gasteiger partial charge in [-0.3, -0.25) is 9.69 Å². The minimum Gasteiger partial charge on any atom is -0.453 e. The molecule has 0 bridgehead atoms. The maximum atomic E-state index is 12.9. The first-order valence-corrected chi connectivity index (χ1v) is 12.1. The lowest BCUT2D eigenvalue weighted by Gasteiger charge is -2.22. The summed E-state index contributed by atoms with van der Waals surface area (Å²) in [6, 6.07) is 11.2. The number of hydrogen-bond acceptors (Lipinski definition) is 6. The number of carbonyl (C=O) groups is 1. The van der Waals surface area contributed by atoms with Crippen LogP contribution in [0.4, 0.5) is 0 Å². The molecule has 9 heteroatoms. The monoisotopic (exact) mass is 485 g/mol. The molecule has 3 heterocycles. The third-order valence-electron chi connectivity index (χ3n) is 5.94. The molecule has 1 amide bonds. The number of ether oxygens (including phenoxy) is 1. The number of nitrogens with zero attached hydrogens (tertiary/aromatic N) is 4. The molecule has 0 saturated carbocycles. The third-order valence-corrected chi connectivity index (χ3v) is 6.17. The zero-order chi connectivity index (χ0) is 24.1. The first kappa shape index (κ1) is 24.4. The van der Waals surface area contributed by atoms with Crippen LogP contribution >= 0.6 is 11.6 Å². The summed E-state index contributed by atoms with van der Waals surface area (Å²) in [5, 5.41) is 12.9. The zero-order valence-electron chi connectivity index (χ0n) is 20.0. The molecule has 0 spiro atoms. The van der Waals surface area contributed by atoms with E-state index in [0.717, 1.165) is 55.7 Å². The number of benzene rings is 1. The van der Waals surface area contributed by atoms with E-state index in [4.69, 9.17) is 20.8 Å². The third kappa shape index (κ3) is 6.05. The van der Waals surface area contributed by atoms with Crippen molar-refractivity contribution < 1.29 is 13.9 Å². The lowest BCUT2D eigenvalue weighted by molar-refractivity contribution is 0.0892. The Morgan fingerprint density at radius 1 is 1.21 bits per heavy atom. The summed E-state index contributed by atoms with van der Waals surface area (Å²) in [6.07, 6.45) is 1.55. The second-order valence-electron chi connectivity index (χ2n) is 9.14. The molecule has 1 aliphatic heterocycles. The van der Waals surface area contributed by atoms with Gasteiger partial charge in [0.2, 0.25) is 0 Å². The highest BCUT2D eigenvalue weighted by Gasteiger charge is 2.27. The molecule has 182 valence electrons. The van der Waals surface area contributed by atoms with E-state index < -0.39 is 0 Å². The Balaban J connectivity index is 1.48. The molecule has 1 N–H and O–H groups in total. The number of nitrogens with one attached hydrogen (secondary N) is 1. The van der Waals surface area contributed by atoms with E-state index in [1.54, 1.807) is 19.2 Å². The number of fused-ring (bicyclic) bond motifs is 1. The van der Waals surface area contributed by atoms with Crippen LogP contribution in [0.25, 0.3) is 0 Å². The maximum Gasteiger partial charge on any atom is 0.287 e. The molecule has 0 unspecified atom stereocenters. The SMILES string of the molecule is COCc1ccc(C(=O)N[C@@H](CC(C)C)c2nnc3n2CCN(Cc2cccc(Cl)c2)CC3)o1. The molecule has 1 aliphatic rings. The van der Waals surface area contributed by atoms with Gasteiger partial charge in [-0.25, -0.2) is 0 Å². The number of halogens is 1. The van der Waals surface area contributed by atoms with Crippen LogP contribution in [-0.2, 0) is 30.9 Å².